The van der Waals surface area contributed by atoms with Crippen LogP contribution >= 0.6 is 0 Å². The van der Waals surface area contributed by atoms with Crippen molar-refractivity contribution >= 4 is 17.5 Å². The molecule has 2 aromatic rings. The van der Waals surface area contributed by atoms with Gasteiger partial charge in [-0.15, -0.1) is 0 Å². The van der Waals surface area contributed by atoms with Crippen LogP contribution in [0.25, 0.3) is 0 Å². The fourth-order valence-corrected chi connectivity index (χ4v) is 1.57. The van der Waals surface area contributed by atoms with Gasteiger partial charge in [0, 0.05) is 11.8 Å². The van der Waals surface area contributed by atoms with Crippen molar-refractivity contribution in [2.45, 2.75) is 13.8 Å². The summed E-state index contributed by atoms with van der Waals surface area (Å²) in [4.78, 5) is 11.6. The average Bonchev–Trinajstić information content (AvgIpc) is 2.73. The Labute approximate surface area is 110 Å². The second-order valence-electron chi connectivity index (χ2n) is 4.19. The van der Waals surface area contributed by atoms with Crippen LogP contribution in [0.15, 0.2) is 28.8 Å². The van der Waals surface area contributed by atoms with Crippen LogP contribution in [0, 0.1) is 13.8 Å². The summed E-state index contributed by atoms with van der Waals surface area (Å²) in [5, 5.41) is 6.21. The van der Waals surface area contributed by atoms with E-state index in [0.717, 1.165) is 5.56 Å². The number of amides is 1. The van der Waals surface area contributed by atoms with Gasteiger partial charge in [-0.1, -0.05) is 5.16 Å². The van der Waals surface area contributed by atoms with Crippen molar-refractivity contribution in [1.29, 1.82) is 0 Å². The van der Waals surface area contributed by atoms with Crippen molar-refractivity contribution in [3.8, 4) is 5.75 Å². The Hall–Kier alpha value is -2.50. The number of aromatic nitrogens is 1. The first kappa shape index (κ1) is 12.9. The molecule has 6 nitrogen and oxygen atoms in total. The van der Waals surface area contributed by atoms with Gasteiger partial charge in [-0.25, -0.2) is 0 Å². The van der Waals surface area contributed by atoms with Gasteiger partial charge in [-0.3, -0.25) is 10.1 Å². The zero-order chi connectivity index (χ0) is 13.8. The molecular weight excluding hydrogens is 246 g/mol. The number of nitrogens with two attached hydrogens (primary N) is 1. The first-order valence-corrected chi connectivity index (χ1v) is 5.76. The van der Waals surface area contributed by atoms with Gasteiger partial charge in [0.25, 0.3) is 5.91 Å². The molecule has 2 rings (SSSR count). The van der Waals surface area contributed by atoms with E-state index < -0.39 is 0 Å². The van der Waals surface area contributed by atoms with Crippen molar-refractivity contribution in [3.63, 3.8) is 0 Å². The van der Waals surface area contributed by atoms with Gasteiger partial charge in [0.05, 0.1) is 5.69 Å². The highest BCUT2D eigenvalue weighted by molar-refractivity contribution is 5.90. The number of hydrogen-bond donors (Lipinski definition) is 2. The molecular formula is C13H15N3O3. The second-order valence-corrected chi connectivity index (χ2v) is 4.19. The quantitative estimate of drug-likeness (QED) is 0.820. The standard InChI is InChI=1S/C13H15N3O3/c1-8-5-10(14)3-4-11(8)18-7-12(17)15-13-6-9(2)16-19-13/h3-6H,7,14H2,1-2H3,(H,15,17). The van der Waals surface area contributed by atoms with Crippen LogP contribution in [0.2, 0.25) is 0 Å². The third kappa shape index (κ3) is 3.48. The number of nitrogen functional groups attached to an aromatic ring is 1. The summed E-state index contributed by atoms with van der Waals surface area (Å²) in [7, 11) is 0. The van der Waals surface area contributed by atoms with Crippen molar-refractivity contribution in [2.24, 2.45) is 0 Å². The van der Waals surface area contributed by atoms with Gasteiger partial charge in [-0.2, -0.15) is 0 Å². The summed E-state index contributed by atoms with van der Waals surface area (Å²) in [6.45, 7) is 3.53. The number of nitrogens with zero attached hydrogens (tertiary/aromatic N) is 1. The van der Waals surface area contributed by atoms with Crippen LogP contribution in [0.1, 0.15) is 11.3 Å². The lowest BCUT2D eigenvalue weighted by molar-refractivity contribution is -0.118. The topological polar surface area (TPSA) is 90.4 Å². The number of aryl methyl sites for hydroxylation is 2. The maximum atomic E-state index is 11.6. The molecule has 1 aromatic heterocycles. The highest BCUT2D eigenvalue weighted by Gasteiger charge is 2.08. The summed E-state index contributed by atoms with van der Waals surface area (Å²) in [6, 6.07) is 6.87. The third-order valence-corrected chi connectivity index (χ3v) is 2.45. The van der Waals surface area contributed by atoms with Crippen LogP contribution in [0.3, 0.4) is 0 Å². The highest BCUT2D eigenvalue weighted by Crippen LogP contribution is 2.20. The molecule has 0 aliphatic rings. The number of anilines is 2. The number of carbonyl (C=O) groups is 1. The van der Waals surface area contributed by atoms with E-state index in [2.05, 4.69) is 10.5 Å². The first-order chi connectivity index (χ1) is 9.04. The van der Waals surface area contributed by atoms with Crippen molar-refractivity contribution < 1.29 is 14.1 Å². The largest absolute Gasteiger partial charge is 0.483 e. The summed E-state index contributed by atoms with van der Waals surface area (Å²) < 4.78 is 10.3. The fraction of sp³-hybridized carbons (Fsp3) is 0.231. The maximum Gasteiger partial charge on any atom is 0.264 e. The molecule has 0 fully saturated rings. The van der Waals surface area contributed by atoms with E-state index in [1.165, 1.54) is 0 Å². The second kappa shape index (κ2) is 5.43. The molecule has 1 aromatic carbocycles. The summed E-state index contributed by atoms with van der Waals surface area (Å²) >= 11 is 0. The van der Waals surface area contributed by atoms with Crippen molar-refractivity contribution in [1.82, 2.24) is 5.16 Å². The molecule has 0 unspecified atom stereocenters. The predicted molar refractivity (Wildman–Crippen MR) is 71.0 cm³/mol. The molecule has 0 aliphatic carbocycles. The van der Waals surface area contributed by atoms with E-state index in [1.54, 1.807) is 31.2 Å². The van der Waals surface area contributed by atoms with E-state index >= 15 is 0 Å². The number of nitrogens with one attached hydrogen (secondary N) is 1. The smallest absolute Gasteiger partial charge is 0.264 e. The molecule has 1 amide bonds. The Kier molecular flexibility index (Phi) is 3.70. The Morgan fingerprint density at radius 2 is 2.21 bits per heavy atom. The predicted octanol–water partition coefficient (Wildman–Crippen LogP) is 1.89. The van der Waals surface area contributed by atoms with Gasteiger partial charge in [-0.05, 0) is 37.6 Å². The molecule has 0 aliphatic heterocycles. The molecule has 0 atom stereocenters. The molecule has 6 heteroatoms. The molecule has 3 N–H and O–H groups in total. The minimum absolute atomic E-state index is 0.107. The number of benzene rings is 1. The Bertz CT molecular complexity index is 593. The molecule has 0 bridgehead atoms. The Morgan fingerprint density at radius 3 is 2.84 bits per heavy atom. The van der Waals surface area contributed by atoms with Crippen LogP contribution in [0.4, 0.5) is 11.6 Å². The molecule has 0 saturated carbocycles. The van der Waals surface area contributed by atoms with Crippen LogP contribution < -0.4 is 15.8 Å². The lowest BCUT2D eigenvalue weighted by Gasteiger charge is -2.08. The Morgan fingerprint density at radius 1 is 1.42 bits per heavy atom. The van der Waals surface area contributed by atoms with E-state index in [9.17, 15) is 4.79 Å². The Balaban J connectivity index is 1.89. The zero-order valence-electron chi connectivity index (χ0n) is 10.8. The van der Waals surface area contributed by atoms with Crippen LogP contribution in [0.5, 0.6) is 5.75 Å². The molecule has 19 heavy (non-hydrogen) atoms. The van der Waals surface area contributed by atoms with E-state index in [0.29, 0.717) is 23.0 Å². The van der Waals surface area contributed by atoms with Gasteiger partial charge in [0.1, 0.15) is 5.75 Å². The van der Waals surface area contributed by atoms with Crippen LogP contribution in [-0.2, 0) is 4.79 Å². The molecule has 1 heterocycles. The number of carbonyl (C=O) groups excluding carboxylic acids is 1. The SMILES string of the molecule is Cc1cc(NC(=O)COc2ccc(N)cc2C)on1. The van der Waals surface area contributed by atoms with Gasteiger partial charge in [0.15, 0.2) is 6.61 Å². The lowest BCUT2D eigenvalue weighted by atomic mass is 10.2. The minimum Gasteiger partial charge on any atom is -0.483 e. The van der Waals surface area contributed by atoms with Crippen molar-refractivity contribution in [2.75, 3.05) is 17.7 Å². The number of ether oxygens (including phenoxy) is 1. The number of hydrogen-bond acceptors (Lipinski definition) is 5. The van der Waals surface area contributed by atoms with Crippen molar-refractivity contribution in [3.05, 3.63) is 35.5 Å². The van der Waals surface area contributed by atoms with E-state index in [4.69, 9.17) is 15.0 Å². The first-order valence-electron chi connectivity index (χ1n) is 5.76. The van der Waals surface area contributed by atoms with Gasteiger partial charge < -0.3 is 15.0 Å². The number of rotatable bonds is 4. The average molecular weight is 261 g/mol. The summed E-state index contributed by atoms with van der Waals surface area (Å²) in [5.41, 5.74) is 7.87. The van der Waals surface area contributed by atoms with E-state index in [-0.39, 0.29) is 12.5 Å². The lowest BCUT2D eigenvalue weighted by Crippen LogP contribution is -2.20. The van der Waals surface area contributed by atoms with Crippen LogP contribution in [-0.4, -0.2) is 17.7 Å². The maximum absolute atomic E-state index is 11.6. The summed E-state index contributed by atoms with van der Waals surface area (Å²) in [6.07, 6.45) is 0. The molecule has 0 saturated heterocycles. The fourth-order valence-electron chi connectivity index (χ4n) is 1.57. The third-order valence-electron chi connectivity index (χ3n) is 2.45. The van der Waals surface area contributed by atoms with E-state index in [1.807, 2.05) is 6.92 Å². The molecule has 100 valence electrons. The molecule has 0 radical (unpaired) electrons. The van der Waals surface area contributed by atoms with Gasteiger partial charge in [0.2, 0.25) is 5.88 Å². The monoisotopic (exact) mass is 261 g/mol. The summed E-state index contributed by atoms with van der Waals surface area (Å²) in [5.74, 6) is 0.616. The highest BCUT2D eigenvalue weighted by atomic mass is 16.5. The molecule has 0 spiro atoms. The normalized spacial score (nSPS) is 10.2. The van der Waals surface area contributed by atoms with Gasteiger partial charge >= 0.3 is 0 Å². The zero-order valence-corrected chi connectivity index (χ0v) is 10.8. The minimum atomic E-state index is -0.313.